The SMILES string of the molecule is CN1Cc2c(cc(N3CCOCC3)nc2-c2cnn(C)c2)C1=O. The molecule has 0 saturated carbocycles. The Kier molecular flexibility index (Phi) is 3.30. The molecule has 0 spiro atoms. The van der Waals surface area contributed by atoms with E-state index in [1.807, 2.05) is 26.4 Å². The van der Waals surface area contributed by atoms with E-state index in [0.717, 1.165) is 41.3 Å². The lowest BCUT2D eigenvalue weighted by Gasteiger charge is -2.28. The molecule has 0 N–H and O–H groups in total. The van der Waals surface area contributed by atoms with Gasteiger partial charge in [0, 0.05) is 51.1 Å². The Morgan fingerprint density at radius 1 is 1.22 bits per heavy atom. The predicted octanol–water partition coefficient (Wildman–Crippen LogP) is 0.904. The zero-order chi connectivity index (χ0) is 16.0. The molecule has 7 nitrogen and oxygen atoms in total. The topological polar surface area (TPSA) is 63.5 Å². The molecule has 1 saturated heterocycles. The normalized spacial score (nSPS) is 17.7. The van der Waals surface area contributed by atoms with E-state index in [9.17, 15) is 4.79 Å². The molecule has 0 bridgehead atoms. The van der Waals surface area contributed by atoms with Crippen molar-refractivity contribution in [2.45, 2.75) is 6.54 Å². The smallest absolute Gasteiger partial charge is 0.254 e. The number of amides is 1. The van der Waals surface area contributed by atoms with Crippen molar-refractivity contribution < 1.29 is 9.53 Å². The van der Waals surface area contributed by atoms with Gasteiger partial charge in [0.15, 0.2) is 0 Å². The van der Waals surface area contributed by atoms with Crippen molar-refractivity contribution >= 4 is 11.7 Å². The van der Waals surface area contributed by atoms with Crippen molar-refractivity contribution in [1.29, 1.82) is 0 Å². The van der Waals surface area contributed by atoms with Crippen LogP contribution in [0.5, 0.6) is 0 Å². The van der Waals surface area contributed by atoms with Crippen LogP contribution in [0.15, 0.2) is 18.5 Å². The maximum Gasteiger partial charge on any atom is 0.254 e. The van der Waals surface area contributed by atoms with E-state index in [1.54, 1.807) is 15.8 Å². The highest BCUT2D eigenvalue weighted by Gasteiger charge is 2.30. The summed E-state index contributed by atoms with van der Waals surface area (Å²) >= 11 is 0. The third kappa shape index (κ3) is 2.37. The number of morpholine rings is 1. The zero-order valence-corrected chi connectivity index (χ0v) is 13.3. The molecule has 7 heteroatoms. The van der Waals surface area contributed by atoms with E-state index in [2.05, 4.69) is 10.00 Å². The minimum absolute atomic E-state index is 0.0575. The van der Waals surface area contributed by atoms with Gasteiger partial charge in [-0.1, -0.05) is 0 Å². The summed E-state index contributed by atoms with van der Waals surface area (Å²) < 4.78 is 7.17. The van der Waals surface area contributed by atoms with Gasteiger partial charge in [-0.15, -0.1) is 0 Å². The lowest BCUT2D eigenvalue weighted by atomic mass is 10.0. The monoisotopic (exact) mass is 313 g/mol. The van der Waals surface area contributed by atoms with E-state index < -0.39 is 0 Å². The first kappa shape index (κ1) is 14.2. The van der Waals surface area contributed by atoms with Gasteiger partial charge in [-0.2, -0.15) is 5.10 Å². The number of aryl methyl sites for hydroxylation is 1. The fraction of sp³-hybridized carbons (Fsp3) is 0.438. The van der Waals surface area contributed by atoms with Crippen molar-refractivity contribution in [3.8, 4) is 11.3 Å². The minimum Gasteiger partial charge on any atom is -0.378 e. The highest BCUT2D eigenvalue weighted by Crippen LogP contribution is 2.33. The van der Waals surface area contributed by atoms with Gasteiger partial charge in [0.2, 0.25) is 0 Å². The third-order valence-electron chi connectivity index (χ3n) is 4.40. The van der Waals surface area contributed by atoms with Crippen molar-refractivity contribution in [3.63, 3.8) is 0 Å². The van der Waals surface area contributed by atoms with Gasteiger partial charge in [-0.3, -0.25) is 9.48 Å². The number of nitrogens with zero attached hydrogens (tertiary/aromatic N) is 5. The number of anilines is 1. The lowest BCUT2D eigenvalue weighted by Crippen LogP contribution is -2.37. The van der Waals surface area contributed by atoms with Gasteiger partial charge in [0.25, 0.3) is 5.91 Å². The molecule has 2 aromatic heterocycles. The molecule has 2 aliphatic rings. The largest absolute Gasteiger partial charge is 0.378 e. The van der Waals surface area contributed by atoms with Crippen molar-refractivity contribution in [2.75, 3.05) is 38.3 Å². The van der Waals surface area contributed by atoms with Gasteiger partial charge in [0.05, 0.1) is 30.7 Å². The van der Waals surface area contributed by atoms with Crippen LogP contribution in [0, 0.1) is 0 Å². The van der Waals surface area contributed by atoms with Gasteiger partial charge in [-0.25, -0.2) is 4.98 Å². The molecular formula is C16H19N5O2. The molecule has 0 radical (unpaired) electrons. The first-order valence-corrected chi connectivity index (χ1v) is 7.74. The number of hydrogen-bond acceptors (Lipinski definition) is 5. The molecular weight excluding hydrogens is 294 g/mol. The molecule has 1 fully saturated rings. The molecule has 4 heterocycles. The molecule has 120 valence electrons. The molecule has 1 amide bonds. The Bertz CT molecular complexity index is 764. The van der Waals surface area contributed by atoms with Gasteiger partial charge < -0.3 is 14.5 Å². The molecule has 0 atom stereocenters. The van der Waals surface area contributed by atoms with E-state index in [-0.39, 0.29) is 5.91 Å². The van der Waals surface area contributed by atoms with Crippen molar-refractivity contribution in [1.82, 2.24) is 19.7 Å². The average molecular weight is 313 g/mol. The average Bonchev–Trinajstić information content (AvgIpc) is 3.12. The Balaban J connectivity index is 1.85. The summed E-state index contributed by atoms with van der Waals surface area (Å²) in [4.78, 5) is 21.2. The Labute approximate surface area is 134 Å². The van der Waals surface area contributed by atoms with Crippen LogP contribution in [-0.2, 0) is 18.3 Å². The third-order valence-corrected chi connectivity index (χ3v) is 4.40. The van der Waals surface area contributed by atoms with Crippen LogP contribution >= 0.6 is 0 Å². The number of rotatable bonds is 2. The lowest BCUT2D eigenvalue weighted by molar-refractivity contribution is 0.0816. The summed E-state index contributed by atoms with van der Waals surface area (Å²) in [5.74, 6) is 0.900. The fourth-order valence-corrected chi connectivity index (χ4v) is 3.16. The number of fused-ring (bicyclic) bond motifs is 1. The molecule has 0 aromatic carbocycles. The number of carbonyl (C=O) groups is 1. The van der Waals surface area contributed by atoms with Crippen LogP contribution in [0.1, 0.15) is 15.9 Å². The van der Waals surface area contributed by atoms with Crippen molar-refractivity contribution in [2.24, 2.45) is 7.05 Å². The van der Waals surface area contributed by atoms with E-state index in [4.69, 9.17) is 9.72 Å². The Morgan fingerprint density at radius 3 is 2.70 bits per heavy atom. The summed E-state index contributed by atoms with van der Waals surface area (Å²) in [6, 6.07) is 1.92. The quantitative estimate of drug-likeness (QED) is 0.824. The zero-order valence-electron chi connectivity index (χ0n) is 13.3. The maximum absolute atomic E-state index is 12.5. The predicted molar refractivity (Wildman–Crippen MR) is 85.3 cm³/mol. The molecule has 23 heavy (non-hydrogen) atoms. The second-order valence-electron chi connectivity index (χ2n) is 6.02. The highest BCUT2D eigenvalue weighted by atomic mass is 16.5. The maximum atomic E-state index is 12.5. The van der Waals surface area contributed by atoms with Crippen LogP contribution in [0.2, 0.25) is 0 Å². The Morgan fingerprint density at radius 2 is 2.00 bits per heavy atom. The number of aromatic nitrogens is 3. The number of ether oxygens (including phenoxy) is 1. The molecule has 2 aliphatic heterocycles. The van der Waals surface area contributed by atoms with Crippen LogP contribution in [0.3, 0.4) is 0 Å². The second-order valence-corrected chi connectivity index (χ2v) is 6.02. The van der Waals surface area contributed by atoms with Gasteiger partial charge in [-0.05, 0) is 6.07 Å². The van der Waals surface area contributed by atoms with E-state index in [0.29, 0.717) is 19.8 Å². The first-order chi connectivity index (χ1) is 11.1. The summed E-state index contributed by atoms with van der Waals surface area (Å²) in [5, 5.41) is 4.24. The van der Waals surface area contributed by atoms with E-state index >= 15 is 0 Å². The number of pyridine rings is 1. The Hall–Kier alpha value is -2.41. The van der Waals surface area contributed by atoms with Crippen molar-refractivity contribution in [3.05, 3.63) is 29.6 Å². The summed E-state index contributed by atoms with van der Waals surface area (Å²) in [5.41, 5.74) is 3.54. The van der Waals surface area contributed by atoms with Gasteiger partial charge in [0.1, 0.15) is 5.82 Å². The summed E-state index contributed by atoms with van der Waals surface area (Å²) in [6.07, 6.45) is 3.74. The molecule has 0 aliphatic carbocycles. The summed E-state index contributed by atoms with van der Waals surface area (Å²) in [7, 11) is 3.70. The minimum atomic E-state index is 0.0575. The van der Waals surface area contributed by atoms with Crippen LogP contribution < -0.4 is 4.90 Å². The van der Waals surface area contributed by atoms with Crippen LogP contribution in [-0.4, -0.2) is 58.9 Å². The first-order valence-electron chi connectivity index (χ1n) is 7.74. The number of carbonyl (C=O) groups excluding carboxylic acids is 1. The van der Waals surface area contributed by atoms with Crippen LogP contribution in [0.4, 0.5) is 5.82 Å². The van der Waals surface area contributed by atoms with E-state index in [1.165, 1.54) is 0 Å². The standard InChI is InChI=1S/C16H19N5O2/c1-19-10-13-12(16(19)22)7-14(21-3-5-23-6-4-21)18-15(13)11-8-17-20(2)9-11/h7-9H,3-6,10H2,1-2H3. The second kappa shape index (κ2) is 5.34. The fourth-order valence-electron chi connectivity index (χ4n) is 3.16. The van der Waals surface area contributed by atoms with Crippen LogP contribution in [0.25, 0.3) is 11.3 Å². The van der Waals surface area contributed by atoms with Gasteiger partial charge >= 0.3 is 0 Å². The molecule has 2 aromatic rings. The molecule has 0 unspecified atom stereocenters. The number of hydrogen-bond donors (Lipinski definition) is 0. The highest BCUT2D eigenvalue weighted by molar-refractivity contribution is 6.00. The summed E-state index contributed by atoms with van der Waals surface area (Å²) in [6.45, 7) is 3.56. The molecule has 4 rings (SSSR count).